The van der Waals surface area contributed by atoms with Crippen molar-refractivity contribution in [1.82, 2.24) is 4.90 Å². The fourth-order valence-corrected chi connectivity index (χ4v) is 3.12. The van der Waals surface area contributed by atoms with Crippen molar-refractivity contribution in [3.05, 3.63) is 0 Å². The zero-order valence-corrected chi connectivity index (χ0v) is 9.82. The second kappa shape index (κ2) is 5.28. The summed E-state index contributed by atoms with van der Waals surface area (Å²) in [5.41, 5.74) is 5.97. The van der Waals surface area contributed by atoms with Gasteiger partial charge in [0.25, 0.3) is 0 Å². The summed E-state index contributed by atoms with van der Waals surface area (Å²) in [6.45, 7) is 3.43. The average molecular weight is 212 g/mol. The largest absolute Gasteiger partial charge is 0.384 e. The van der Waals surface area contributed by atoms with Crippen LogP contribution in [0.4, 0.5) is 0 Å². The normalized spacial score (nSPS) is 38.4. The van der Waals surface area contributed by atoms with Crippen LogP contribution in [0.1, 0.15) is 32.1 Å². The Bertz CT molecular complexity index is 196. The molecule has 0 aromatic rings. The van der Waals surface area contributed by atoms with Gasteiger partial charge in [-0.15, -0.1) is 0 Å². The molecule has 3 atom stereocenters. The van der Waals surface area contributed by atoms with Crippen LogP contribution in [-0.4, -0.2) is 43.8 Å². The summed E-state index contributed by atoms with van der Waals surface area (Å²) in [7, 11) is 1.81. The van der Waals surface area contributed by atoms with Crippen molar-refractivity contribution >= 4 is 0 Å². The van der Waals surface area contributed by atoms with Crippen molar-refractivity contribution in [1.29, 1.82) is 0 Å². The Labute approximate surface area is 93.0 Å². The number of rotatable bonds is 3. The van der Waals surface area contributed by atoms with Crippen molar-refractivity contribution in [2.24, 2.45) is 11.7 Å². The lowest BCUT2D eigenvalue weighted by molar-refractivity contribution is 0.0692. The van der Waals surface area contributed by atoms with Gasteiger partial charge in [0.1, 0.15) is 0 Å². The van der Waals surface area contributed by atoms with Crippen molar-refractivity contribution < 1.29 is 4.74 Å². The molecule has 2 rings (SSSR count). The predicted octanol–water partition coefficient (Wildman–Crippen LogP) is 1.22. The van der Waals surface area contributed by atoms with Crippen LogP contribution in [0.2, 0.25) is 0 Å². The number of ether oxygens (including phenoxy) is 1. The monoisotopic (exact) mass is 212 g/mol. The van der Waals surface area contributed by atoms with Gasteiger partial charge in [0.2, 0.25) is 0 Å². The molecule has 3 nitrogen and oxygen atoms in total. The Morgan fingerprint density at radius 1 is 1.33 bits per heavy atom. The Kier molecular flexibility index (Phi) is 4.00. The van der Waals surface area contributed by atoms with E-state index in [1.54, 1.807) is 0 Å². The van der Waals surface area contributed by atoms with Gasteiger partial charge >= 0.3 is 0 Å². The molecular weight excluding hydrogens is 188 g/mol. The molecule has 0 aromatic heterocycles. The Balaban J connectivity index is 1.81. The van der Waals surface area contributed by atoms with Crippen LogP contribution in [0.5, 0.6) is 0 Å². The van der Waals surface area contributed by atoms with Crippen LogP contribution < -0.4 is 5.73 Å². The van der Waals surface area contributed by atoms with Crippen molar-refractivity contribution in [2.45, 2.75) is 44.2 Å². The van der Waals surface area contributed by atoms with Crippen LogP contribution >= 0.6 is 0 Å². The minimum Gasteiger partial charge on any atom is -0.384 e. The quantitative estimate of drug-likeness (QED) is 0.764. The van der Waals surface area contributed by atoms with Gasteiger partial charge in [-0.25, -0.2) is 0 Å². The zero-order valence-electron chi connectivity index (χ0n) is 9.82. The Morgan fingerprint density at radius 3 is 2.87 bits per heavy atom. The third-order valence-corrected chi connectivity index (χ3v) is 3.91. The van der Waals surface area contributed by atoms with Crippen molar-refractivity contribution in [3.8, 4) is 0 Å². The summed E-state index contributed by atoms with van der Waals surface area (Å²) in [6.07, 6.45) is 6.40. The lowest BCUT2D eigenvalue weighted by Gasteiger charge is -2.36. The molecule has 88 valence electrons. The summed E-state index contributed by atoms with van der Waals surface area (Å²) < 4.78 is 5.26. The number of hydrogen-bond donors (Lipinski definition) is 1. The van der Waals surface area contributed by atoms with Crippen LogP contribution in [0, 0.1) is 5.92 Å². The van der Waals surface area contributed by atoms with Gasteiger partial charge in [-0.3, -0.25) is 4.90 Å². The summed E-state index contributed by atoms with van der Waals surface area (Å²) in [6, 6.07) is 1.22. The molecule has 0 amide bonds. The van der Waals surface area contributed by atoms with Crippen LogP contribution in [-0.2, 0) is 4.74 Å². The molecule has 1 aliphatic carbocycles. The van der Waals surface area contributed by atoms with Crippen molar-refractivity contribution in [3.63, 3.8) is 0 Å². The molecule has 0 aromatic carbocycles. The number of likely N-dealkylation sites (tertiary alicyclic amines) is 1. The number of piperidine rings is 1. The third kappa shape index (κ3) is 2.92. The second-order valence-electron chi connectivity index (χ2n) is 5.19. The molecular formula is C12H24N2O. The van der Waals surface area contributed by atoms with Crippen LogP contribution in [0.3, 0.4) is 0 Å². The molecule has 0 radical (unpaired) electrons. The first-order chi connectivity index (χ1) is 7.29. The highest BCUT2D eigenvalue weighted by atomic mass is 16.5. The topological polar surface area (TPSA) is 38.5 Å². The predicted molar refractivity (Wildman–Crippen MR) is 61.8 cm³/mol. The SMILES string of the molecule is COCC1CCCN(C2CCC(N)C2)C1. The maximum Gasteiger partial charge on any atom is 0.0502 e. The molecule has 1 saturated carbocycles. The van der Waals surface area contributed by atoms with Crippen LogP contribution in [0.25, 0.3) is 0 Å². The first-order valence-electron chi connectivity index (χ1n) is 6.28. The van der Waals surface area contributed by atoms with Gasteiger partial charge in [-0.1, -0.05) is 0 Å². The van der Waals surface area contributed by atoms with Crippen molar-refractivity contribution in [2.75, 3.05) is 26.8 Å². The van der Waals surface area contributed by atoms with E-state index in [-0.39, 0.29) is 0 Å². The first kappa shape index (κ1) is 11.4. The summed E-state index contributed by atoms with van der Waals surface area (Å²) in [5, 5.41) is 0. The first-order valence-corrected chi connectivity index (χ1v) is 6.28. The molecule has 2 fully saturated rings. The minimum absolute atomic E-state index is 0.456. The van der Waals surface area contributed by atoms with E-state index >= 15 is 0 Å². The Morgan fingerprint density at radius 2 is 2.20 bits per heavy atom. The Hall–Kier alpha value is -0.120. The van der Waals surface area contributed by atoms with Gasteiger partial charge in [-0.05, 0) is 44.6 Å². The summed E-state index contributed by atoms with van der Waals surface area (Å²) >= 11 is 0. The highest BCUT2D eigenvalue weighted by molar-refractivity contribution is 4.87. The smallest absolute Gasteiger partial charge is 0.0502 e. The molecule has 1 saturated heterocycles. The highest BCUT2D eigenvalue weighted by Gasteiger charge is 2.30. The molecule has 1 heterocycles. The molecule has 3 heteroatoms. The lowest BCUT2D eigenvalue weighted by Crippen LogP contribution is -2.43. The number of nitrogens with two attached hydrogens (primary N) is 1. The third-order valence-electron chi connectivity index (χ3n) is 3.91. The van der Waals surface area contributed by atoms with E-state index in [2.05, 4.69) is 4.90 Å². The summed E-state index contributed by atoms with van der Waals surface area (Å²) in [4.78, 5) is 2.65. The molecule has 1 aliphatic heterocycles. The molecule has 15 heavy (non-hydrogen) atoms. The average Bonchev–Trinajstić information content (AvgIpc) is 2.66. The molecule has 0 bridgehead atoms. The van der Waals surface area contributed by atoms with Crippen LogP contribution in [0.15, 0.2) is 0 Å². The molecule has 2 N–H and O–H groups in total. The minimum atomic E-state index is 0.456. The molecule has 0 spiro atoms. The standard InChI is InChI=1S/C12H24N2O/c1-15-9-10-3-2-6-14(8-10)12-5-4-11(13)7-12/h10-12H,2-9,13H2,1H3. The number of hydrogen-bond acceptors (Lipinski definition) is 3. The van der Waals surface area contributed by atoms with E-state index in [4.69, 9.17) is 10.5 Å². The highest BCUT2D eigenvalue weighted by Crippen LogP contribution is 2.27. The van der Waals surface area contributed by atoms with E-state index in [1.807, 2.05) is 7.11 Å². The van der Waals surface area contributed by atoms with E-state index < -0.39 is 0 Å². The zero-order chi connectivity index (χ0) is 10.7. The maximum absolute atomic E-state index is 5.97. The lowest BCUT2D eigenvalue weighted by atomic mass is 9.97. The number of nitrogens with zero attached hydrogens (tertiary/aromatic N) is 1. The maximum atomic E-state index is 5.97. The van der Waals surface area contributed by atoms with Gasteiger partial charge in [0, 0.05) is 25.7 Å². The van der Waals surface area contributed by atoms with Gasteiger partial charge in [0.05, 0.1) is 6.61 Å². The summed E-state index contributed by atoms with van der Waals surface area (Å²) in [5.74, 6) is 0.751. The molecule has 2 aliphatic rings. The number of methoxy groups -OCH3 is 1. The van der Waals surface area contributed by atoms with E-state index in [9.17, 15) is 0 Å². The van der Waals surface area contributed by atoms with Gasteiger partial charge < -0.3 is 10.5 Å². The van der Waals surface area contributed by atoms with E-state index in [0.717, 1.165) is 18.6 Å². The second-order valence-corrected chi connectivity index (χ2v) is 5.19. The van der Waals surface area contributed by atoms with E-state index in [0.29, 0.717) is 6.04 Å². The molecule has 3 unspecified atom stereocenters. The van der Waals surface area contributed by atoms with E-state index in [1.165, 1.54) is 45.2 Å². The van der Waals surface area contributed by atoms with Gasteiger partial charge in [-0.2, -0.15) is 0 Å². The fraction of sp³-hybridized carbons (Fsp3) is 1.00. The van der Waals surface area contributed by atoms with Gasteiger partial charge in [0.15, 0.2) is 0 Å². The fourth-order valence-electron chi connectivity index (χ4n) is 3.12.